The lowest BCUT2D eigenvalue weighted by atomic mass is 9.98. The lowest BCUT2D eigenvalue weighted by Crippen LogP contribution is -2.17. The van der Waals surface area contributed by atoms with Crippen LogP contribution in [0.2, 0.25) is 20.1 Å². The topological polar surface area (TPSA) is 303 Å². The van der Waals surface area contributed by atoms with Crippen LogP contribution in [0.1, 0.15) is 139 Å². The van der Waals surface area contributed by atoms with Gasteiger partial charge >= 0.3 is 0 Å². The van der Waals surface area contributed by atoms with E-state index in [-0.39, 0.29) is 90.4 Å². The van der Waals surface area contributed by atoms with Crippen molar-refractivity contribution in [3.8, 4) is 28.9 Å². The Labute approximate surface area is 551 Å². The molecule has 0 saturated carbocycles. The van der Waals surface area contributed by atoms with Crippen molar-refractivity contribution in [2.75, 3.05) is 69.5 Å². The van der Waals surface area contributed by atoms with Gasteiger partial charge in [-0.2, -0.15) is 4.98 Å². The fraction of sp³-hybridized carbons (Fsp3) is 0.410. The summed E-state index contributed by atoms with van der Waals surface area (Å²) in [5.74, 6) is 1.34. The van der Waals surface area contributed by atoms with Crippen molar-refractivity contribution in [1.82, 2.24) is 9.97 Å². The number of ketones is 5. The predicted molar refractivity (Wildman–Crippen MR) is 358 cm³/mol. The number of carbonyl (C=O) groups is 6. The van der Waals surface area contributed by atoms with Gasteiger partial charge in [-0.3, -0.25) is 28.8 Å². The Bertz CT molecular complexity index is 3240. The Morgan fingerprint density at radius 1 is 0.614 bits per heavy atom. The molecule has 3 atom stereocenters. The maximum absolute atomic E-state index is 12.8. The number of nitrogens with two attached hydrogens (primary N) is 3. The van der Waals surface area contributed by atoms with Gasteiger partial charge in [0.25, 0.3) is 6.47 Å². The van der Waals surface area contributed by atoms with Crippen LogP contribution in [0.15, 0.2) is 59.3 Å². The van der Waals surface area contributed by atoms with E-state index < -0.39 is 0 Å². The number of aromatic hydroxyl groups is 1. The number of aromatic nitrogens is 2. The number of halogens is 5. The number of hydrogen-bond donors (Lipinski definition) is 5. The molecule has 88 heavy (non-hydrogen) atoms. The van der Waals surface area contributed by atoms with E-state index in [1.165, 1.54) is 69.6 Å². The first-order chi connectivity index (χ1) is 41.3. The molecule has 0 fully saturated rings. The van der Waals surface area contributed by atoms with E-state index in [1.54, 1.807) is 68.5 Å². The van der Waals surface area contributed by atoms with Crippen LogP contribution >= 0.6 is 85.0 Å². The molecule has 0 bridgehead atoms. The lowest BCUT2D eigenvalue weighted by Gasteiger charge is -2.16. The highest BCUT2D eigenvalue weighted by Gasteiger charge is 2.22. The average molecular weight is 1410 g/mol. The average Bonchev–Trinajstić information content (AvgIpc) is 1.32. The monoisotopic (exact) mass is 1400 g/mol. The van der Waals surface area contributed by atoms with Gasteiger partial charge in [-0.1, -0.05) is 76.2 Å². The third-order valence-electron chi connectivity index (χ3n) is 11.6. The van der Waals surface area contributed by atoms with E-state index in [1.807, 2.05) is 34.6 Å². The Balaban J connectivity index is 0.000000560. The summed E-state index contributed by atoms with van der Waals surface area (Å²) in [5.41, 5.74) is 20.0. The number of hydrogen-bond acceptors (Lipinski definition) is 22. The first-order valence-electron chi connectivity index (χ1n) is 26.9. The summed E-state index contributed by atoms with van der Waals surface area (Å²) in [7, 11) is 6.39. The van der Waals surface area contributed by atoms with Crippen molar-refractivity contribution in [2.24, 2.45) is 5.92 Å². The Hall–Kier alpha value is -6.12. The molecule has 6 aromatic rings. The summed E-state index contributed by atoms with van der Waals surface area (Å²) in [4.78, 5) is 76.4. The first-order valence-corrected chi connectivity index (χ1v) is 31.2. The van der Waals surface area contributed by atoms with Gasteiger partial charge in [-0.25, -0.2) is 4.98 Å². The zero-order valence-electron chi connectivity index (χ0n) is 51.9. The second-order valence-corrected chi connectivity index (χ2v) is 23.6. The molecule has 20 nitrogen and oxygen atoms in total. The van der Waals surface area contributed by atoms with Crippen LogP contribution < -0.4 is 41.5 Å². The number of methoxy groups -OCH3 is 4. The number of Topliss-reactive ketones (excluding diaryl/α,β-unsaturated/α-hetero) is 5. The van der Waals surface area contributed by atoms with Gasteiger partial charge in [0.05, 0.1) is 57.9 Å². The minimum absolute atomic E-state index is 0.00434. The molecule has 0 spiro atoms. The summed E-state index contributed by atoms with van der Waals surface area (Å²) in [6.07, 6.45) is 1.03. The van der Waals surface area contributed by atoms with Gasteiger partial charge in [0.15, 0.2) is 34.0 Å². The minimum atomic E-state index is -0.172. The Morgan fingerprint density at radius 3 is 1.48 bits per heavy atom. The number of alkyl halides is 1. The van der Waals surface area contributed by atoms with Gasteiger partial charge in [0.2, 0.25) is 5.88 Å². The molecule has 27 heteroatoms. The highest BCUT2D eigenvalue weighted by atomic mass is 79.9. The number of ether oxygens (including phenoxy) is 7. The number of phenols is 1. The number of phenolic OH excluding ortho intramolecular Hbond substituents is 1. The Morgan fingerprint density at radius 2 is 1.06 bits per heavy atom. The maximum Gasteiger partial charge on any atom is 0.299 e. The number of carbonyl (C=O) groups excluding carboxylic acids is 6. The largest absolute Gasteiger partial charge is 0.506 e. The SMILES string of the molecule is CC(=O)c1ccc(O)c(Cl)c1N.CC(C)Nc1nc(OC=O)cs1.COC(C)CBr.COC(C)COc1ccc(C(C)=O)c(CC(=O)c2csc(CC(C)C)n2)c1Cl.COC(C)COc1ccc(C(C)=O)c(N)c1Cl.COc1ccc(C(C)=O)c(N)c1Cl. The standard InChI is InChI=1S/C21H26ClNO4S.C12H16ClNO3.C9H10ClNO2.C8H8ClNO2.C7H10N2O2S.C4H9BrO/c1-12(2)8-20-23-17(11-28-20)18(25)9-16-15(14(4)24)6-7-19(21(16)22)27-10-13(3)26-5;1-7(16-3)6-17-10-5-4-9(8(2)15)12(14)11(10)13;1-5(12)6-3-4-7(13-2)8(10)9(6)11;1-4(11)5-2-3-6(12)7(9)8(5)10;1-5(2)8-7-9-6(3-12-7)11-4-10;1-4(3-5)6-2/h6-7,11-13H,8-10H2,1-5H3;4-5,7H,6,14H2,1-3H3;3-4H,11H2,1-2H3;2-3,12H,10H2,1H3;3-5H,1-2H3,(H,8,9);4H,3H2,1-2H3. The second kappa shape index (κ2) is 41.2. The van der Waals surface area contributed by atoms with E-state index in [0.29, 0.717) is 94.4 Å². The molecular weight excluding hydrogens is 1330 g/mol. The van der Waals surface area contributed by atoms with E-state index in [0.717, 1.165) is 21.9 Å². The van der Waals surface area contributed by atoms with Crippen molar-refractivity contribution < 1.29 is 67.0 Å². The number of nitrogens with one attached hydrogen (secondary N) is 1. The van der Waals surface area contributed by atoms with Gasteiger partial charge in [-0.05, 0) is 122 Å². The summed E-state index contributed by atoms with van der Waals surface area (Å²) >= 11 is 30.1. The third kappa shape index (κ3) is 27.3. The van der Waals surface area contributed by atoms with E-state index in [9.17, 15) is 28.8 Å². The number of anilines is 4. The normalized spacial score (nSPS) is 11.4. The predicted octanol–water partition coefficient (Wildman–Crippen LogP) is 14.5. The molecule has 4 aromatic carbocycles. The number of nitrogens with zero attached hydrogens (tertiary/aromatic N) is 2. The van der Waals surface area contributed by atoms with E-state index in [4.69, 9.17) is 97.1 Å². The van der Waals surface area contributed by atoms with Crippen LogP contribution in [-0.4, -0.2) is 122 Å². The van der Waals surface area contributed by atoms with Crippen LogP contribution in [0.5, 0.6) is 28.9 Å². The smallest absolute Gasteiger partial charge is 0.299 e. The van der Waals surface area contributed by atoms with Gasteiger partial charge in [0, 0.05) is 73.2 Å². The van der Waals surface area contributed by atoms with Crippen LogP contribution in [0.3, 0.4) is 0 Å². The number of benzene rings is 4. The molecule has 0 saturated heterocycles. The number of thiazole rings is 2. The fourth-order valence-corrected chi connectivity index (χ4v) is 9.51. The second-order valence-electron chi connectivity index (χ2n) is 19.6. The zero-order valence-corrected chi connectivity index (χ0v) is 58.1. The molecular formula is C61H79BrCl4N6O14S2. The van der Waals surface area contributed by atoms with E-state index >= 15 is 0 Å². The van der Waals surface area contributed by atoms with Crippen LogP contribution in [0.25, 0.3) is 0 Å². The molecule has 2 heterocycles. The zero-order chi connectivity index (χ0) is 67.1. The van der Waals surface area contributed by atoms with Crippen LogP contribution in [-0.2, 0) is 31.8 Å². The highest BCUT2D eigenvalue weighted by Crippen LogP contribution is 2.36. The third-order valence-corrected chi connectivity index (χ3v) is 15.7. The fourth-order valence-electron chi connectivity index (χ4n) is 6.55. The van der Waals surface area contributed by atoms with Gasteiger partial charge in [-0.15, -0.1) is 22.7 Å². The van der Waals surface area contributed by atoms with Crippen LogP contribution in [0, 0.1) is 5.92 Å². The molecule has 6 rings (SSSR count). The van der Waals surface area contributed by atoms with Crippen molar-refractivity contribution in [1.29, 1.82) is 0 Å². The molecule has 0 aliphatic heterocycles. The molecule has 8 N–H and O–H groups in total. The molecule has 2 aromatic heterocycles. The summed E-state index contributed by atoms with van der Waals surface area (Å²) in [6.45, 7) is 20.8. The van der Waals surface area contributed by atoms with Crippen molar-refractivity contribution in [3.05, 3.63) is 118 Å². The lowest BCUT2D eigenvalue weighted by molar-refractivity contribution is -0.120. The number of rotatable bonds is 24. The summed E-state index contributed by atoms with van der Waals surface area (Å²) < 4.78 is 35.7. The highest BCUT2D eigenvalue weighted by molar-refractivity contribution is 9.09. The summed E-state index contributed by atoms with van der Waals surface area (Å²) in [5, 5.41) is 19.1. The summed E-state index contributed by atoms with van der Waals surface area (Å²) in [6, 6.07) is 12.9. The van der Waals surface area contributed by atoms with Gasteiger partial charge in [0.1, 0.15) is 57.0 Å². The van der Waals surface area contributed by atoms with Crippen molar-refractivity contribution >= 4 is 143 Å². The molecule has 0 aliphatic carbocycles. The van der Waals surface area contributed by atoms with Crippen LogP contribution in [0.4, 0.5) is 22.2 Å². The first kappa shape index (κ1) is 79.9. The quantitative estimate of drug-likeness (QED) is 0.0163. The molecule has 0 radical (unpaired) electrons. The molecule has 3 unspecified atom stereocenters. The van der Waals surface area contributed by atoms with Gasteiger partial charge < -0.3 is 60.8 Å². The number of nitrogen functional groups attached to an aromatic ring is 3. The minimum Gasteiger partial charge on any atom is -0.506 e. The van der Waals surface area contributed by atoms with Crippen molar-refractivity contribution in [3.63, 3.8) is 0 Å². The van der Waals surface area contributed by atoms with Crippen molar-refractivity contribution in [2.45, 2.75) is 113 Å². The maximum atomic E-state index is 12.8. The molecule has 484 valence electrons. The Kier molecular flexibility index (Phi) is 37.4. The van der Waals surface area contributed by atoms with E-state index in [2.05, 4.69) is 49.8 Å². The molecule has 0 aliphatic rings. The molecule has 0 amide bonds.